The fourth-order valence-corrected chi connectivity index (χ4v) is 3.25. The van der Waals surface area contributed by atoms with E-state index in [0.29, 0.717) is 13.0 Å². The highest BCUT2D eigenvalue weighted by Crippen LogP contribution is 2.26. The maximum absolute atomic E-state index is 12.3. The van der Waals surface area contributed by atoms with Gasteiger partial charge in [0.15, 0.2) is 0 Å². The van der Waals surface area contributed by atoms with Crippen LogP contribution in [0.15, 0.2) is 60.8 Å². The van der Waals surface area contributed by atoms with E-state index in [1.165, 1.54) is 5.56 Å². The molecule has 1 atom stereocenters. The molecule has 0 spiro atoms. The quantitative estimate of drug-likeness (QED) is 0.662. The maximum Gasteiger partial charge on any atom is 0.221 e. The molecule has 26 heavy (non-hydrogen) atoms. The van der Waals surface area contributed by atoms with Crippen LogP contribution in [0.1, 0.15) is 25.3 Å². The summed E-state index contributed by atoms with van der Waals surface area (Å²) < 4.78 is 7.54. The largest absolute Gasteiger partial charge is 0.495 e. The summed E-state index contributed by atoms with van der Waals surface area (Å²) in [7, 11) is 1.67. The van der Waals surface area contributed by atoms with E-state index in [2.05, 4.69) is 41.1 Å². The molecule has 0 bridgehead atoms. The highest BCUT2D eigenvalue weighted by molar-refractivity contribution is 5.86. The molecule has 2 aromatic carbocycles. The van der Waals surface area contributed by atoms with E-state index in [0.717, 1.165) is 29.5 Å². The zero-order valence-corrected chi connectivity index (χ0v) is 15.4. The van der Waals surface area contributed by atoms with Crippen LogP contribution in [0.3, 0.4) is 0 Å². The first kappa shape index (κ1) is 18.1. The molecule has 3 aromatic rings. The standard InChI is InChI=1S/C22H26N2O2/c1-17(11-12-18-7-4-3-5-8-18)23-21(25)14-16-24-15-13-19-9-6-10-20(26-2)22(19)24/h3-10,13,15,17H,11-12,14,16H2,1-2H3,(H,23,25)/t17-/m1/s1. The minimum Gasteiger partial charge on any atom is -0.495 e. The summed E-state index contributed by atoms with van der Waals surface area (Å²) in [4.78, 5) is 12.3. The average molecular weight is 350 g/mol. The fraction of sp³-hybridized carbons (Fsp3) is 0.318. The second kappa shape index (κ2) is 8.56. The third-order valence-electron chi connectivity index (χ3n) is 4.67. The van der Waals surface area contributed by atoms with Gasteiger partial charge in [-0.3, -0.25) is 4.79 Å². The Morgan fingerprint density at radius 1 is 1.12 bits per heavy atom. The number of amides is 1. The molecule has 1 aromatic heterocycles. The van der Waals surface area contributed by atoms with Gasteiger partial charge in [-0.15, -0.1) is 0 Å². The Bertz CT molecular complexity index is 855. The molecule has 1 heterocycles. The highest BCUT2D eigenvalue weighted by Gasteiger charge is 2.11. The Hall–Kier alpha value is -2.75. The summed E-state index contributed by atoms with van der Waals surface area (Å²) in [5, 5.41) is 4.23. The van der Waals surface area contributed by atoms with Crippen LogP contribution < -0.4 is 10.1 Å². The van der Waals surface area contributed by atoms with E-state index >= 15 is 0 Å². The molecule has 0 aliphatic rings. The number of nitrogens with one attached hydrogen (secondary N) is 1. The number of carbonyl (C=O) groups excluding carboxylic acids is 1. The van der Waals surface area contributed by atoms with Gasteiger partial charge in [0.1, 0.15) is 5.75 Å². The molecule has 136 valence electrons. The van der Waals surface area contributed by atoms with E-state index in [4.69, 9.17) is 4.74 Å². The lowest BCUT2D eigenvalue weighted by atomic mass is 10.1. The number of methoxy groups -OCH3 is 1. The molecule has 0 aliphatic heterocycles. The number of ether oxygens (including phenoxy) is 1. The van der Waals surface area contributed by atoms with Gasteiger partial charge in [0.25, 0.3) is 0 Å². The molecule has 4 nitrogen and oxygen atoms in total. The zero-order valence-electron chi connectivity index (χ0n) is 15.4. The van der Waals surface area contributed by atoms with Crippen molar-refractivity contribution < 1.29 is 9.53 Å². The molecule has 0 aliphatic carbocycles. The van der Waals surface area contributed by atoms with Gasteiger partial charge >= 0.3 is 0 Å². The molecule has 0 radical (unpaired) electrons. The molecule has 3 rings (SSSR count). The third-order valence-corrected chi connectivity index (χ3v) is 4.67. The number of rotatable bonds is 8. The number of nitrogens with zero attached hydrogens (tertiary/aromatic N) is 1. The number of fused-ring (bicyclic) bond motifs is 1. The minimum absolute atomic E-state index is 0.0855. The van der Waals surface area contributed by atoms with Crippen molar-refractivity contribution in [2.45, 2.75) is 38.8 Å². The number of hydrogen-bond donors (Lipinski definition) is 1. The Kier molecular flexibility index (Phi) is 5.95. The highest BCUT2D eigenvalue weighted by atomic mass is 16.5. The summed E-state index contributed by atoms with van der Waals surface area (Å²) in [6.07, 6.45) is 4.38. The Morgan fingerprint density at radius 3 is 2.69 bits per heavy atom. The van der Waals surface area contributed by atoms with E-state index < -0.39 is 0 Å². The van der Waals surface area contributed by atoms with Crippen molar-refractivity contribution in [2.75, 3.05) is 7.11 Å². The molecule has 1 N–H and O–H groups in total. The number of para-hydroxylation sites is 1. The first-order chi connectivity index (χ1) is 12.7. The average Bonchev–Trinajstić information content (AvgIpc) is 3.09. The van der Waals surface area contributed by atoms with Gasteiger partial charge < -0.3 is 14.6 Å². The Balaban J connectivity index is 1.51. The van der Waals surface area contributed by atoms with Crippen LogP contribution in [0, 0.1) is 0 Å². The van der Waals surface area contributed by atoms with E-state index in [1.807, 2.05) is 36.5 Å². The van der Waals surface area contributed by atoms with Gasteiger partial charge in [-0.05, 0) is 37.5 Å². The molecule has 0 unspecified atom stereocenters. The van der Waals surface area contributed by atoms with Crippen molar-refractivity contribution in [3.8, 4) is 5.75 Å². The van der Waals surface area contributed by atoms with Crippen LogP contribution in [-0.2, 0) is 17.8 Å². The number of hydrogen-bond acceptors (Lipinski definition) is 2. The monoisotopic (exact) mass is 350 g/mol. The van der Waals surface area contributed by atoms with Crippen molar-refractivity contribution in [2.24, 2.45) is 0 Å². The lowest BCUT2D eigenvalue weighted by molar-refractivity contribution is -0.121. The molecule has 4 heteroatoms. The number of aryl methyl sites for hydroxylation is 2. The lowest BCUT2D eigenvalue weighted by Crippen LogP contribution is -2.33. The van der Waals surface area contributed by atoms with Crippen molar-refractivity contribution in [3.05, 3.63) is 66.4 Å². The van der Waals surface area contributed by atoms with E-state index in [-0.39, 0.29) is 11.9 Å². The fourth-order valence-electron chi connectivity index (χ4n) is 3.25. The topological polar surface area (TPSA) is 43.3 Å². The van der Waals surface area contributed by atoms with Crippen molar-refractivity contribution in [1.82, 2.24) is 9.88 Å². The van der Waals surface area contributed by atoms with Gasteiger partial charge in [-0.25, -0.2) is 0 Å². The third kappa shape index (κ3) is 4.45. The van der Waals surface area contributed by atoms with Gasteiger partial charge in [0.05, 0.1) is 12.6 Å². The Morgan fingerprint density at radius 2 is 1.92 bits per heavy atom. The number of benzene rings is 2. The van der Waals surface area contributed by atoms with Crippen LogP contribution in [0.25, 0.3) is 10.9 Å². The van der Waals surface area contributed by atoms with Crippen LogP contribution in [-0.4, -0.2) is 23.6 Å². The van der Waals surface area contributed by atoms with Crippen LogP contribution in [0.5, 0.6) is 5.75 Å². The van der Waals surface area contributed by atoms with Crippen molar-refractivity contribution in [1.29, 1.82) is 0 Å². The number of carbonyl (C=O) groups is 1. The second-order valence-corrected chi connectivity index (χ2v) is 6.65. The summed E-state index contributed by atoms with van der Waals surface area (Å²) in [5.41, 5.74) is 2.35. The van der Waals surface area contributed by atoms with Crippen LogP contribution >= 0.6 is 0 Å². The predicted octanol–water partition coefficient (Wildman–Crippen LogP) is 4.18. The molecule has 0 saturated carbocycles. The van der Waals surface area contributed by atoms with E-state index in [1.54, 1.807) is 7.11 Å². The minimum atomic E-state index is 0.0855. The molecular weight excluding hydrogens is 324 g/mol. The molecule has 0 saturated heterocycles. The zero-order chi connectivity index (χ0) is 18.4. The van der Waals surface area contributed by atoms with Gasteiger partial charge in [0.2, 0.25) is 5.91 Å². The van der Waals surface area contributed by atoms with E-state index in [9.17, 15) is 4.79 Å². The molecule has 0 fully saturated rings. The molecule has 1 amide bonds. The lowest BCUT2D eigenvalue weighted by Gasteiger charge is -2.14. The molecular formula is C22H26N2O2. The van der Waals surface area contributed by atoms with Gasteiger partial charge in [-0.2, -0.15) is 0 Å². The predicted molar refractivity (Wildman–Crippen MR) is 105 cm³/mol. The van der Waals surface area contributed by atoms with Gasteiger partial charge in [-0.1, -0.05) is 42.5 Å². The van der Waals surface area contributed by atoms with Crippen molar-refractivity contribution in [3.63, 3.8) is 0 Å². The SMILES string of the molecule is COc1cccc2ccn(CCC(=O)N[C@H](C)CCc3ccccc3)c12. The van der Waals surface area contributed by atoms with Gasteiger partial charge in [0, 0.05) is 30.6 Å². The first-order valence-corrected chi connectivity index (χ1v) is 9.12. The summed E-state index contributed by atoms with van der Waals surface area (Å²) >= 11 is 0. The summed E-state index contributed by atoms with van der Waals surface area (Å²) in [5.74, 6) is 0.923. The normalized spacial score (nSPS) is 12.1. The first-order valence-electron chi connectivity index (χ1n) is 9.12. The smallest absolute Gasteiger partial charge is 0.221 e. The Labute approximate surface area is 154 Å². The summed E-state index contributed by atoms with van der Waals surface area (Å²) in [6.45, 7) is 2.70. The van der Waals surface area contributed by atoms with Crippen molar-refractivity contribution >= 4 is 16.8 Å². The maximum atomic E-state index is 12.3. The second-order valence-electron chi connectivity index (χ2n) is 6.65. The van der Waals surface area contributed by atoms with Crippen LogP contribution in [0.4, 0.5) is 0 Å². The number of aromatic nitrogens is 1. The summed E-state index contributed by atoms with van der Waals surface area (Å²) in [6, 6.07) is 18.6. The van der Waals surface area contributed by atoms with Crippen LogP contribution in [0.2, 0.25) is 0 Å².